The molecule has 0 amide bonds. The molecule has 2 rings (SSSR count). The van der Waals surface area contributed by atoms with Crippen molar-refractivity contribution in [3.63, 3.8) is 0 Å². The molecular formula is C10H12BrFN2. The van der Waals surface area contributed by atoms with Gasteiger partial charge in [-0.2, -0.15) is 4.39 Å². The Morgan fingerprint density at radius 3 is 2.86 bits per heavy atom. The monoisotopic (exact) mass is 258 g/mol. The summed E-state index contributed by atoms with van der Waals surface area (Å²) in [4.78, 5) is 3.81. The van der Waals surface area contributed by atoms with Crippen LogP contribution in [0.2, 0.25) is 0 Å². The number of nitrogens with two attached hydrogens (primary N) is 1. The second-order valence-corrected chi connectivity index (χ2v) is 4.65. The predicted octanol–water partition coefficient (Wildman–Crippen LogP) is 2.70. The third-order valence-electron chi connectivity index (χ3n) is 2.65. The molecule has 1 heterocycles. The van der Waals surface area contributed by atoms with Crippen molar-refractivity contribution < 1.29 is 4.39 Å². The summed E-state index contributed by atoms with van der Waals surface area (Å²) in [7, 11) is 0. The highest BCUT2D eigenvalue weighted by Crippen LogP contribution is 2.40. The van der Waals surface area contributed by atoms with Crippen LogP contribution in [0, 0.1) is 18.8 Å². The van der Waals surface area contributed by atoms with E-state index in [1.165, 1.54) is 12.8 Å². The quantitative estimate of drug-likeness (QED) is 0.829. The molecular weight excluding hydrogens is 247 g/mol. The minimum absolute atomic E-state index is 0.0133. The van der Waals surface area contributed by atoms with Crippen LogP contribution in [0.3, 0.4) is 0 Å². The lowest BCUT2D eigenvalue weighted by molar-refractivity contribution is 0.560. The van der Waals surface area contributed by atoms with Crippen LogP contribution in [-0.2, 0) is 0 Å². The zero-order valence-electron chi connectivity index (χ0n) is 7.93. The Kier molecular flexibility index (Phi) is 2.58. The van der Waals surface area contributed by atoms with Crippen molar-refractivity contribution in [3.05, 3.63) is 27.7 Å². The minimum atomic E-state index is -0.464. The van der Waals surface area contributed by atoms with E-state index in [1.54, 1.807) is 13.0 Å². The van der Waals surface area contributed by atoms with Gasteiger partial charge < -0.3 is 5.73 Å². The van der Waals surface area contributed by atoms with Gasteiger partial charge in [0, 0.05) is 11.7 Å². The molecule has 1 saturated carbocycles. The maximum absolute atomic E-state index is 13.0. The van der Waals surface area contributed by atoms with Crippen LogP contribution in [-0.4, -0.2) is 4.98 Å². The summed E-state index contributed by atoms with van der Waals surface area (Å²) in [5.74, 6) is 0.0992. The van der Waals surface area contributed by atoms with E-state index < -0.39 is 5.95 Å². The molecule has 0 aromatic carbocycles. The van der Waals surface area contributed by atoms with E-state index in [9.17, 15) is 4.39 Å². The maximum atomic E-state index is 13.0. The number of rotatable bonds is 2. The average Bonchev–Trinajstić information content (AvgIpc) is 2.93. The van der Waals surface area contributed by atoms with Crippen molar-refractivity contribution in [1.82, 2.24) is 4.98 Å². The fraction of sp³-hybridized carbons (Fsp3) is 0.500. The molecule has 0 radical (unpaired) electrons. The maximum Gasteiger partial charge on any atom is 0.227 e. The van der Waals surface area contributed by atoms with E-state index in [2.05, 4.69) is 20.9 Å². The van der Waals surface area contributed by atoms with Gasteiger partial charge in [-0.25, -0.2) is 4.98 Å². The standard InChI is InChI=1S/C10H12BrFN2/c1-5-7(9(13)6-2-3-6)4-8(11)10(12)14-5/h4,6,9H,2-3,13H2,1H3/t9-/m1/s1. The summed E-state index contributed by atoms with van der Waals surface area (Å²) in [6, 6.07) is 1.76. The third-order valence-corrected chi connectivity index (χ3v) is 3.21. The lowest BCUT2D eigenvalue weighted by atomic mass is 10.0. The van der Waals surface area contributed by atoms with Gasteiger partial charge in [0.25, 0.3) is 0 Å². The number of pyridine rings is 1. The van der Waals surface area contributed by atoms with Crippen LogP contribution in [0.15, 0.2) is 10.5 Å². The number of aromatic nitrogens is 1. The fourth-order valence-corrected chi connectivity index (χ4v) is 1.95. The van der Waals surface area contributed by atoms with Crippen molar-refractivity contribution in [2.75, 3.05) is 0 Å². The molecule has 1 fully saturated rings. The van der Waals surface area contributed by atoms with Crippen molar-refractivity contribution >= 4 is 15.9 Å². The molecule has 1 aromatic heterocycles. The SMILES string of the molecule is Cc1nc(F)c(Br)cc1[C@H](N)C1CC1. The average molecular weight is 259 g/mol. The first-order valence-corrected chi connectivity index (χ1v) is 5.47. The molecule has 1 aliphatic carbocycles. The topological polar surface area (TPSA) is 38.9 Å². The Bertz CT molecular complexity index is 363. The zero-order chi connectivity index (χ0) is 10.3. The van der Waals surface area contributed by atoms with Crippen molar-refractivity contribution in [3.8, 4) is 0 Å². The second kappa shape index (κ2) is 3.59. The molecule has 1 atom stereocenters. The number of hydrogen-bond acceptors (Lipinski definition) is 2. The number of nitrogens with zero attached hydrogens (tertiary/aromatic N) is 1. The van der Waals surface area contributed by atoms with E-state index >= 15 is 0 Å². The first-order valence-electron chi connectivity index (χ1n) is 4.67. The smallest absolute Gasteiger partial charge is 0.227 e. The van der Waals surface area contributed by atoms with Gasteiger partial charge in [0.15, 0.2) is 0 Å². The highest BCUT2D eigenvalue weighted by atomic mass is 79.9. The van der Waals surface area contributed by atoms with Gasteiger partial charge in [-0.15, -0.1) is 0 Å². The molecule has 2 nitrogen and oxygen atoms in total. The summed E-state index contributed by atoms with van der Waals surface area (Å²) in [5.41, 5.74) is 7.70. The first-order chi connectivity index (χ1) is 6.59. The van der Waals surface area contributed by atoms with Crippen LogP contribution in [0.25, 0.3) is 0 Å². The largest absolute Gasteiger partial charge is 0.324 e. The molecule has 1 aromatic rings. The molecule has 1 aliphatic rings. The van der Waals surface area contributed by atoms with Crippen LogP contribution >= 0.6 is 15.9 Å². The van der Waals surface area contributed by atoms with E-state index in [4.69, 9.17) is 5.73 Å². The molecule has 76 valence electrons. The highest BCUT2D eigenvalue weighted by molar-refractivity contribution is 9.10. The van der Waals surface area contributed by atoms with Crippen molar-refractivity contribution in [1.29, 1.82) is 0 Å². The van der Waals surface area contributed by atoms with Crippen LogP contribution in [0.4, 0.5) is 4.39 Å². The molecule has 2 N–H and O–H groups in total. The molecule has 0 saturated heterocycles. The first kappa shape index (κ1) is 10.1. The lowest BCUT2D eigenvalue weighted by Gasteiger charge is -2.13. The van der Waals surface area contributed by atoms with Crippen molar-refractivity contribution in [2.45, 2.75) is 25.8 Å². The Balaban J connectivity index is 2.36. The summed E-state index contributed by atoms with van der Waals surface area (Å²) in [6.45, 7) is 1.80. The Morgan fingerprint density at radius 1 is 1.64 bits per heavy atom. The summed E-state index contributed by atoms with van der Waals surface area (Å²) >= 11 is 3.12. The summed E-state index contributed by atoms with van der Waals surface area (Å²) in [6.07, 6.45) is 2.35. The van der Waals surface area contributed by atoms with Crippen LogP contribution in [0.5, 0.6) is 0 Å². The van der Waals surface area contributed by atoms with E-state index in [0.29, 0.717) is 16.1 Å². The van der Waals surface area contributed by atoms with Crippen molar-refractivity contribution in [2.24, 2.45) is 11.7 Å². The van der Waals surface area contributed by atoms with Crippen LogP contribution in [0.1, 0.15) is 30.1 Å². The Morgan fingerprint density at radius 2 is 2.29 bits per heavy atom. The minimum Gasteiger partial charge on any atom is -0.324 e. The van der Waals surface area contributed by atoms with E-state index in [-0.39, 0.29) is 6.04 Å². The van der Waals surface area contributed by atoms with Crippen LogP contribution < -0.4 is 5.73 Å². The molecule has 0 spiro atoms. The summed E-state index contributed by atoms with van der Waals surface area (Å²) < 4.78 is 13.4. The zero-order valence-corrected chi connectivity index (χ0v) is 9.51. The Hall–Kier alpha value is -0.480. The number of halogens is 2. The lowest BCUT2D eigenvalue weighted by Crippen LogP contribution is -2.15. The highest BCUT2D eigenvalue weighted by Gasteiger charge is 2.31. The number of aryl methyl sites for hydroxylation is 1. The van der Waals surface area contributed by atoms with Gasteiger partial charge in [-0.05, 0) is 53.2 Å². The molecule has 0 aliphatic heterocycles. The molecule has 14 heavy (non-hydrogen) atoms. The van der Waals surface area contributed by atoms with Gasteiger partial charge in [0.1, 0.15) is 0 Å². The van der Waals surface area contributed by atoms with Gasteiger partial charge in [-0.1, -0.05) is 0 Å². The van der Waals surface area contributed by atoms with E-state index in [1.807, 2.05) is 0 Å². The fourth-order valence-electron chi connectivity index (χ4n) is 1.61. The Labute approximate surface area is 90.8 Å². The second-order valence-electron chi connectivity index (χ2n) is 3.80. The molecule has 0 unspecified atom stereocenters. The molecule has 4 heteroatoms. The van der Waals surface area contributed by atoms with E-state index in [0.717, 1.165) is 5.56 Å². The van der Waals surface area contributed by atoms with Gasteiger partial charge >= 0.3 is 0 Å². The normalized spacial score (nSPS) is 18.3. The predicted molar refractivity (Wildman–Crippen MR) is 56.3 cm³/mol. The van der Waals surface area contributed by atoms with Gasteiger partial charge in [0.05, 0.1) is 4.47 Å². The van der Waals surface area contributed by atoms with Gasteiger partial charge in [0.2, 0.25) is 5.95 Å². The third kappa shape index (κ3) is 1.81. The number of hydrogen-bond donors (Lipinski definition) is 1. The summed E-state index contributed by atoms with van der Waals surface area (Å²) in [5, 5.41) is 0. The van der Waals surface area contributed by atoms with Gasteiger partial charge in [-0.3, -0.25) is 0 Å². The molecule has 0 bridgehead atoms.